The highest BCUT2D eigenvalue weighted by Crippen LogP contribution is 2.39. The molecule has 206 valence electrons. The summed E-state index contributed by atoms with van der Waals surface area (Å²) < 4.78 is 38.1. The molecule has 3 heterocycles. The molecule has 0 aliphatic rings. The summed E-state index contributed by atoms with van der Waals surface area (Å²) in [5, 5.41) is 3.63. The molecule has 3 aromatic heterocycles. The first-order valence-corrected chi connectivity index (χ1v) is 15.1. The Bertz CT molecular complexity index is 2600. The van der Waals surface area contributed by atoms with Gasteiger partial charge in [-0.05, 0) is 30.3 Å². The standard InChI is InChI=1S/C39H24N4S/c1-3-11-25(12-4-1)37-40-38(26-13-5-2-6-14-26)42-39(41-37)27-19-21-31-32-22-20-28(24-36(32)44-35(31)23-27)43-33-17-9-7-15-29(33)30-16-8-10-18-34(30)43/h1-24H/i7D,8D,17D,18D. The van der Waals surface area contributed by atoms with Crippen molar-refractivity contribution in [2.24, 2.45) is 0 Å². The highest BCUT2D eigenvalue weighted by Gasteiger charge is 2.16. The monoisotopic (exact) mass is 584 g/mol. The lowest BCUT2D eigenvalue weighted by Crippen LogP contribution is -1.99. The summed E-state index contributed by atoms with van der Waals surface area (Å²) in [6, 6.07) is 39.8. The van der Waals surface area contributed by atoms with Crippen LogP contribution in [0, 0.1) is 0 Å². The Morgan fingerprint density at radius 2 is 1.00 bits per heavy atom. The molecule has 6 aromatic carbocycles. The van der Waals surface area contributed by atoms with E-state index in [1.165, 1.54) is 12.1 Å². The minimum atomic E-state index is 0.211. The number of benzene rings is 6. The molecule has 5 heteroatoms. The quantitative estimate of drug-likeness (QED) is 0.207. The molecule has 0 spiro atoms. The van der Waals surface area contributed by atoms with Crippen molar-refractivity contribution < 1.29 is 5.48 Å². The van der Waals surface area contributed by atoms with E-state index in [2.05, 4.69) is 30.3 Å². The van der Waals surface area contributed by atoms with E-state index in [0.717, 1.165) is 42.6 Å². The maximum Gasteiger partial charge on any atom is 0.164 e. The largest absolute Gasteiger partial charge is 0.309 e. The second kappa shape index (κ2) is 9.97. The molecule has 4 nitrogen and oxygen atoms in total. The molecule has 0 saturated carbocycles. The van der Waals surface area contributed by atoms with E-state index in [0.29, 0.717) is 39.3 Å². The Labute approximate surface area is 263 Å². The van der Waals surface area contributed by atoms with Gasteiger partial charge in [-0.3, -0.25) is 0 Å². The summed E-state index contributed by atoms with van der Waals surface area (Å²) >= 11 is 1.67. The summed E-state index contributed by atoms with van der Waals surface area (Å²) in [7, 11) is 0. The average molecular weight is 585 g/mol. The van der Waals surface area contributed by atoms with Crippen molar-refractivity contribution in [3.63, 3.8) is 0 Å². The van der Waals surface area contributed by atoms with Crippen LogP contribution in [0.3, 0.4) is 0 Å². The zero-order valence-electron chi connectivity index (χ0n) is 27.2. The van der Waals surface area contributed by atoms with Crippen molar-refractivity contribution in [3.05, 3.63) is 145 Å². The number of aromatic nitrogens is 4. The summed E-state index contributed by atoms with van der Waals surface area (Å²) in [6.45, 7) is 0. The first-order chi connectivity index (χ1) is 23.4. The molecule has 9 aromatic rings. The Balaban J connectivity index is 1.21. The van der Waals surface area contributed by atoms with Gasteiger partial charge in [0.15, 0.2) is 17.5 Å². The van der Waals surface area contributed by atoms with Gasteiger partial charge in [-0.25, -0.2) is 15.0 Å². The molecular weight excluding hydrogens is 557 g/mol. The van der Waals surface area contributed by atoms with E-state index in [-0.39, 0.29) is 24.2 Å². The predicted molar refractivity (Wildman–Crippen MR) is 183 cm³/mol. The Kier molecular flexibility index (Phi) is 4.78. The molecule has 0 saturated heterocycles. The normalized spacial score (nSPS) is 12.9. The molecule has 0 aliphatic carbocycles. The molecule has 0 unspecified atom stereocenters. The molecule has 0 fully saturated rings. The summed E-state index contributed by atoms with van der Waals surface area (Å²) in [5.41, 5.74) is 4.81. The van der Waals surface area contributed by atoms with Gasteiger partial charge in [0.05, 0.1) is 16.5 Å². The number of rotatable bonds is 4. The van der Waals surface area contributed by atoms with Gasteiger partial charge in [0.25, 0.3) is 0 Å². The molecule has 0 atom stereocenters. The maximum atomic E-state index is 8.78. The van der Waals surface area contributed by atoms with Gasteiger partial charge in [-0.2, -0.15) is 0 Å². The minimum Gasteiger partial charge on any atom is -0.309 e. The highest BCUT2D eigenvalue weighted by molar-refractivity contribution is 7.25. The highest BCUT2D eigenvalue weighted by atomic mass is 32.1. The molecule has 9 rings (SSSR count). The van der Waals surface area contributed by atoms with E-state index in [9.17, 15) is 0 Å². The fraction of sp³-hybridized carbons (Fsp3) is 0. The van der Waals surface area contributed by atoms with Crippen LogP contribution in [0.15, 0.2) is 145 Å². The van der Waals surface area contributed by atoms with Gasteiger partial charge in [-0.15, -0.1) is 11.3 Å². The van der Waals surface area contributed by atoms with E-state index < -0.39 is 0 Å². The van der Waals surface area contributed by atoms with Gasteiger partial charge in [-0.1, -0.05) is 115 Å². The lowest BCUT2D eigenvalue weighted by Gasteiger charge is -2.08. The summed E-state index contributed by atoms with van der Waals surface area (Å²) in [5.74, 6) is 1.83. The smallest absolute Gasteiger partial charge is 0.164 e. The van der Waals surface area contributed by atoms with Crippen LogP contribution in [0.4, 0.5) is 0 Å². The molecule has 44 heavy (non-hydrogen) atoms. The fourth-order valence-corrected chi connectivity index (χ4v) is 7.07. The van der Waals surface area contributed by atoms with Gasteiger partial charge in [0.2, 0.25) is 0 Å². The van der Waals surface area contributed by atoms with Crippen LogP contribution < -0.4 is 0 Å². The molecule has 0 N–H and O–H groups in total. The van der Waals surface area contributed by atoms with Crippen LogP contribution in [-0.4, -0.2) is 19.5 Å². The first-order valence-electron chi connectivity index (χ1n) is 16.3. The molecule has 0 amide bonds. The van der Waals surface area contributed by atoms with Gasteiger partial charge in [0, 0.05) is 53.3 Å². The number of nitrogens with zero attached hydrogens (tertiary/aromatic N) is 4. The number of hydrogen-bond acceptors (Lipinski definition) is 4. The first kappa shape index (κ1) is 21.1. The third-order valence-corrected chi connectivity index (χ3v) is 9.08. The van der Waals surface area contributed by atoms with E-state index in [1.54, 1.807) is 23.5 Å². The van der Waals surface area contributed by atoms with Gasteiger partial charge < -0.3 is 4.57 Å². The maximum absolute atomic E-state index is 8.78. The Morgan fingerprint density at radius 3 is 1.59 bits per heavy atom. The summed E-state index contributed by atoms with van der Waals surface area (Å²) in [6.07, 6.45) is 0. The minimum absolute atomic E-state index is 0.211. The number of hydrogen-bond donors (Lipinski definition) is 0. The van der Waals surface area contributed by atoms with Crippen LogP contribution in [0.5, 0.6) is 0 Å². The third kappa shape index (κ3) is 4.02. The Morgan fingerprint density at radius 1 is 0.477 bits per heavy atom. The lowest BCUT2D eigenvalue weighted by atomic mass is 10.1. The van der Waals surface area contributed by atoms with Crippen molar-refractivity contribution in [1.29, 1.82) is 0 Å². The zero-order chi connectivity index (χ0) is 32.5. The summed E-state index contributed by atoms with van der Waals surface area (Å²) in [4.78, 5) is 14.6. The van der Waals surface area contributed by atoms with Crippen LogP contribution in [0.25, 0.3) is 81.8 Å². The fourth-order valence-electron chi connectivity index (χ4n) is 5.89. The van der Waals surface area contributed by atoms with E-state index in [1.807, 2.05) is 71.3 Å². The van der Waals surface area contributed by atoms with Crippen molar-refractivity contribution in [2.45, 2.75) is 0 Å². The predicted octanol–water partition coefficient (Wildman–Crippen LogP) is 10.3. The third-order valence-electron chi connectivity index (χ3n) is 7.96. The van der Waals surface area contributed by atoms with Crippen LogP contribution in [-0.2, 0) is 0 Å². The second-order valence-electron chi connectivity index (χ2n) is 10.6. The van der Waals surface area contributed by atoms with Crippen LogP contribution >= 0.6 is 11.3 Å². The SMILES string of the molecule is [2H]c1cc([2H])c2c(c1)c1cc([2H])cc([2H])c1n2-c1ccc2c(c1)sc1cc(-c3nc(-c4ccccc4)nc(-c4ccccc4)n3)ccc12. The zero-order valence-corrected chi connectivity index (χ0v) is 24.1. The lowest BCUT2D eigenvalue weighted by molar-refractivity contribution is 1.07. The van der Waals surface area contributed by atoms with E-state index >= 15 is 0 Å². The van der Waals surface area contributed by atoms with Crippen molar-refractivity contribution in [2.75, 3.05) is 0 Å². The topological polar surface area (TPSA) is 43.6 Å². The average Bonchev–Trinajstić information content (AvgIpc) is 3.64. The second-order valence-corrected chi connectivity index (χ2v) is 11.7. The van der Waals surface area contributed by atoms with Crippen molar-refractivity contribution in [3.8, 4) is 39.9 Å². The Hall–Kier alpha value is -5.65. The molecular formula is C39H24N4S. The number of para-hydroxylation sites is 2. The number of fused-ring (bicyclic) bond motifs is 6. The van der Waals surface area contributed by atoms with E-state index in [4.69, 9.17) is 20.4 Å². The molecule has 0 radical (unpaired) electrons. The van der Waals surface area contributed by atoms with Gasteiger partial charge in [0.1, 0.15) is 0 Å². The van der Waals surface area contributed by atoms with Gasteiger partial charge >= 0.3 is 0 Å². The number of thiophene rings is 1. The molecule has 0 aliphatic heterocycles. The van der Waals surface area contributed by atoms with Crippen molar-refractivity contribution >= 4 is 53.3 Å². The van der Waals surface area contributed by atoms with Crippen LogP contribution in [0.1, 0.15) is 5.48 Å². The molecule has 0 bridgehead atoms. The van der Waals surface area contributed by atoms with Crippen LogP contribution in [0.2, 0.25) is 0 Å². The van der Waals surface area contributed by atoms with Crippen molar-refractivity contribution in [1.82, 2.24) is 19.5 Å².